The lowest BCUT2D eigenvalue weighted by molar-refractivity contribution is -0.133. The molecule has 4 rings (SSSR count). The molecule has 3 aromatic heterocycles. The molecule has 8 nitrogen and oxygen atoms in total. The number of thiophene rings is 1. The lowest BCUT2D eigenvalue weighted by atomic mass is 10.2. The number of pyridine rings is 1. The number of hydrogen-bond acceptors (Lipinski definition) is 8. The Morgan fingerprint density at radius 3 is 2.73 bits per heavy atom. The Labute approximate surface area is 178 Å². The van der Waals surface area contributed by atoms with Crippen LogP contribution < -0.4 is 14.2 Å². The maximum Gasteiger partial charge on any atom is 0.256 e. The Morgan fingerprint density at radius 1 is 1.17 bits per heavy atom. The molecule has 0 aliphatic carbocycles. The average molecular weight is 429 g/mol. The number of fused-ring (bicyclic) bond motifs is 1. The van der Waals surface area contributed by atoms with Crippen LogP contribution in [-0.2, 0) is 4.79 Å². The van der Waals surface area contributed by atoms with Gasteiger partial charge in [0, 0.05) is 35.5 Å². The van der Waals surface area contributed by atoms with E-state index in [0.29, 0.717) is 30.6 Å². The normalized spacial score (nSPS) is 16.3. The summed E-state index contributed by atoms with van der Waals surface area (Å²) in [5, 5.41) is 0.848. The number of aromatic nitrogens is 3. The first-order valence-electron chi connectivity index (χ1n) is 9.78. The lowest BCUT2D eigenvalue weighted by Gasteiger charge is -2.19. The molecular weight excluding hydrogens is 404 g/mol. The van der Waals surface area contributed by atoms with Gasteiger partial charge in [0.1, 0.15) is 17.3 Å². The zero-order chi connectivity index (χ0) is 21.3. The maximum atomic E-state index is 12.2. The number of carbonyl (C=O) groups is 1. The van der Waals surface area contributed by atoms with Crippen molar-refractivity contribution in [3.05, 3.63) is 24.7 Å². The maximum absolute atomic E-state index is 12.2. The van der Waals surface area contributed by atoms with E-state index in [0.717, 1.165) is 27.1 Å². The largest absolute Gasteiger partial charge is 0.491 e. The van der Waals surface area contributed by atoms with Crippen LogP contribution in [-0.4, -0.2) is 59.2 Å². The molecule has 0 unspecified atom stereocenters. The zero-order valence-electron chi connectivity index (χ0n) is 17.4. The van der Waals surface area contributed by atoms with Crippen molar-refractivity contribution in [1.29, 1.82) is 0 Å². The molecule has 1 aliphatic heterocycles. The highest BCUT2D eigenvalue weighted by Gasteiger charge is 2.29. The summed E-state index contributed by atoms with van der Waals surface area (Å²) in [6, 6.07) is 3.89. The van der Waals surface area contributed by atoms with Crippen LogP contribution in [0.5, 0.6) is 17.5 Å². The number of carbonyl (C=O) groups excluding carboxylic acids is 1. The summed E-state index contributed by atoms with van der Waals surface area (Å²) in [5.41, 5.74) is 0.899. The topological polar surface area (TPSA) is 86.7 Å². The molecule has 158 valence electrons. The van der Waals surface area contributed by atoms with Gasteiger partial charge in [0.2, 0.25) is 11.8 Å². The van der Waals surface area contributed by atoms with Crippen LogP contribution in [0.1, 0.15) is 20.3 Å². The third-order valence-corrected chi connectivity index (χ3v) is 6.13. The number of nitrogens with zero attached hydrogens (tertiary/aromatic N) is 4. The molecule has 4 heterocycles. The van der Waals surface area contributed by atoms with E-state index in [1.165, 1.54) is 17.7 Å². The fraction of sp³-hybridized carbons (Fsp3) is 0.429. The van der Waals surface area contributed by atoms with E-state index in [1.54, 1.807) is 20.4 Å². The molecule has 9 heteroatoms. The summed E-state index contributed by atoms with van der Waals surface area (Å²) in [6.45, 7) is 5.13. The van der Waals surface area contributed by atoms with Crippen molar-refractivity contribution in [3.63, 3.8) is 0 Å². The van der Waals surface area contributed by atoms with Crippen LogP contribution in [0.2, 0.25) is 0 Å². The van der Waals surface area contributed by atoms with Gasteiger partial charge in [-0.25, -0.2) is 15.0 Å². The van der Waals surface area contributed by atoms with Gasteiger partial charge in [0.15, 0.2) is 5.75 Å². The van der Waals surface area contributed by atoms with Crippen LogP contribution in [0, 0.1) is 5.92 Å². The second-order valence-electron chi connectivity index (χ2n) is 7.41. The van der Waals surface area contributed by atoms with Crippen molar-refractivity contribution in [2.45, 2.75) is 26.4 Å². The predicted octanol–water partition coefficient (Wildman–Crippen LogP) is 3.41. The third-order valence-electron chi connectivity index (χ3n) is 5.04. The molecule has 0 radical (unpaired) electrons. The summed E-state index contributed by atoms with van der Waals surface area (Å²) in [5.74, 6) is 1.69. The van der Waals surface area contributed by atoms with Crippen molar-refractivity contribution in [2.75, 3.05) is 27.3 Å². The summed E-state index contributed by atoms with van der Waals surface area (Å²) >= 11 is 1.53. The Hall–Kier alpha value is -2.94. The second-order valence-corrected chi connectivity index (χ2v) is 8.44. The number of amides is 1. The molecule has 1 amide bonds. The molecule has 1 atom stereocenters. The van der Waals surface area contributed by atoms with E-state index < -0.39 is 0 Å². The van der Waals surface area contributed by atoms with Gasteiger partial charge < -0.3 is 19.1 Å². The molecule has 0 bridgehead atoms. The Balaban J connectivity index is 1.58. The zero-order valence-corrected chi connectivity index (χ0v) is 18.2. The lowest BCUT2D eigenvalue weighted by Crippen LogP contribution is -2.33. The van der Waals surface area contributed by atoms with Gasteiger partial charge in [0.25, 0.3) is 5.88 Å². The Kier molecular flexibility index (Phi) is 5.72. The Bertz CT molecular complexity index is 1070. The van der Waals surface area contributed by atoms with E-state index in [9.17, 15) is 4.79 Å². The number of hydrogen-bond donors (Lipinski definition) is 0. The Morgan fingerprint density at radius 2 is 2.00 bits per heavy atom. The van der Waals surface area contributed by atoms with Gasteiger partial charge in [-0.15, -0.1) is 11.3 Å². The van der Waals surface area contributed by atoms with E-state index in [4.69, 9.17) is 14.2 Å². The number of rotatable bonds is 6. The van der Waals surface area contributed by atoms with Crippen LogP contribution in [0.4, 0.5) is 0 Å². The summed E-state index contributed by atoms with van der Waals surface area (Å²) in [7, 11) is 3.14. The van der Waals surface area contributed by atoms with E-state index in [-0.39, 0.29) is 17.9 Å². The number of methoxy groups -OCH3 is 2. The first kappa shape index (κ1) is 20.3. The number of ether oxygens (including phenoxy) is 3. The van der Waals surface area contributed by atoms with Gasteiger partial charge in [0.05, 0.1) is 26.2 Å². The van der Waals surface area contributed by atoms with Crippen molar-refractivity contribution < 1.29 is 19.0 Å². The first-order chi connectivity index (χ1) is 14.5. The minimum Gasteiger partial charge on any atom is -0.491 e. The third kappa shape index (κ3) is 3.89. The van der Waals surface area contributed by atoms with Crippen LogP contribution in [0.3, 0.4) is 0 Å². The summed E-state index contributed by atoms with van der Waals surface area (Å²) in [4.78, 5) is 29.0. The highest BCUT2D eigenvalue weighted by Crippen LogP contribution is 2.38. The molecule has 0 saturated carbocycles. The van der Waals surface area contributed by atoms with Gasteiger partial charge >= 0.3 is 0 Å². The molecule has 1 saturated heterocycles. The number of likely N-dealkylation sites (tertiary alicyclic amines) is 1. The summed E-state index contributed by atoms with van der Waals surface area (Å²) in [6.07, 6.45) is 3.97. The van der Waals surface area contributed by atoms with Gasteiger partial charge in [-0.1, -0.05) is 13.8 Å². The molecule has 1 fully saturated rings. The van der Waals surface area contributed by atoms with Crippen LogP contribution in [0.15, 0.2) is 24.7 Å². The molecule has 3 aromatic rings. The predicted molar refractivity (Wildman–Crippen MR) is 114 cm³/mol. The minimum absolute atomic E-state index is 0.0102. The van der Waals surface area contributed by atoms with E-state index >= 15 is 0 Å². The molecule has 0 aromatic carbocycles. The molecule has 0 spiro atoms. The fourth-order valence-corrected chi connectivity index (χ4v) is 4.45. The standard InChI is InChI=1S/C21H24N4O4S/c1-12(2)21(26)25-6-5-14(10-25)29-18-15-8-17(30-20(15)24-11-23-18)13-7-16(27-3)19(28-4)22-9-13/h7-9,11-12,14H,5-6,10H2,1-4H3/t14-/m0/s1. The van der Waals surface area contributed by atoms with Crippen molar-refractivity contribution in [3.8, 4) is 28.0 Å². The average Bonchev–Trinajstić information content (AvgIpc) is 3.40. The molecular formula is C21H24N4O4S. The second kappa shape index (κ2) is 8.43. The van der Waals surface area contributed by atoms with E-state index in [1.807, 2.05) is 30.9 Å². The van der Waals surface area contributed by atoms with Crippen LogP contribution in [0.25, 0.3) is 20.7 Å². The van der Waals surface area contributed by atoms with Crippen molar-refractivity contribution >= 4 is 27.5 Å². The van der Waals surface area contributed by atoms with E-state index in [2.05, 4.69) is 15.0 Å². The first-order valence-corrected chi connectivity index (χ1v) is 10.6. The SMILES string of the molecule is COc1cc(-c2cc3c(O[C@H]4CCN(C(=O)C(C)C)C4)ncnc3s2)cnc1OC. The van der Waals surface area contributed by atoms with Crippen molar-refractivity contribution in [2.24, 2.45) is 5.92 Å². The minimum atomic E-state index is -0.0723. The molecule has 0 N–H and O–H groups in total. The van der Waals surface area contributed by atoms with Gasteiger partial charge in [-0.2, -0.15) is 0 Å². The molecule has 1 aliphatic rings. The van der Waals surface area contributed by atoms with Crippen LogP contribution >= 0.6 is 11.3 Å². The molecule has 30 heavy (non-hydrogen) atoms. The summed E-state index contributed by atoms with van der Waals surface area (Å²) < 4.78 is 16.8. The van der Waals surface area contributed by atoms with Gasteiger partial charge in [-0.05, 0) is 12.1 Å². The quantitative estimate of drug-likeness (QED) is 0.595. The van der Waals surface area contributed by atoms with Crippen molar-refractivity contribution in [1.82, 2.24) is 19.9 Å². The fourth-order valence-electron chi connectivity index (χ4n) is 3.48. The van der Waals surface area contributed by atoms with Gasteiger partial charge in [-0.3, -0.25) is 4.79 Å². The monoisotopic (exact) mass is 428 g/mol. The smallest absolute Gasteiger partial charge is 0.256 e. The highest BCUT2D eigenvalue weighted by atomic mass is 32.1. The highest BCUT2D eigenvalue weighted by molar-refractivity contribution is 7.21.